The van der Waals surface area contributed by atoms with Gasteiger partial charge in [0.15, 0.2) is 0 Å². The lowest BCUT2D eigenvalue weighted by atomic mass is 10.0. The number of amides is 2. The normalized spacial score (nSPS) is 22.1. The lowest BCUT2D eigenvalue weighted by Gasteiger charge is -2.30. The Kier molecular flexibility index (Phi) is 12.0. The Morgan fingerprint density at radius 2 is 1.86 bits per heavy atom. The smallest absolute Gasteiger partial charge is 0.244 e. The Morgan fingerprint density at radius 1 is 1.14 bits per heavy atom. The van der Waals surface area contributed by atoms with E-state index in [1.165, 1.54) is 22.8 Å². The van der Waals surface area contributed by atoms with Crippen molar-refractivity contribution in [1.82, 2.24) is 20.4 Å². The Morgan fingerprint density at radius 3 is 2.54 bits per heavy atom. The minimum absolute atomic E-state index is 0.0904. The highest BCUT2D eigenvalue weighted by molar-refractivity contribution is 14.1. The van der Waals surface area contributed by atoms with Crippen molar-refractivity contribution in [1.29, 1.82) is 0 Å². The molecule has 7 heteroatoms. The monoisotopic (exact) mass is 594 g/mol. The minimum atomic E-state index is -0.182. The summed E-state index contributed by atoms with van der Waals surface area (Å²) in [7, 11) is 0. The third-order valence-corrected chi connectivity index (χ3v) is 8.15. The molecule has 194 valence electrons. The van der Waals surface area contributed by atoms with Gasteiger partial charge in [0.1, 0.15) is 0 Å². The molecule has 3 rings (SSSR count). The molecule has 2 atom stereocenters. The summed E-state index contributed by atoms with van der Waals surface area (Å²) in [6, 6.07) is 7.98. The van der Waals surface area contributed by atoms with Gasteiger partial charge in [-0.05, 0) is 91.1 Å². The third-order valence-electron chi connectivity index (χ3n) is 7.43. The molecule has 2 heterocycles. The quantitative estimate of drug-likeness (QED) is 0.297. The topological polar surface area (TPSA) is 64.7 Å². The first-order valence-corrected chi connectivity index (χ1v) is 14.5. The first-order chi connectivity index (χ1) is 17.0. The average molecular weight is 595 g/mol. The van der Waals surface area contributed by atoms with E-state index in [1.807, 2.05) is 30.3 Å². The Hall–Kier alpha value is -1.45. The fourth-order valence-electron chi connectivity index (χ4n) is 5.01. The van der Waals surface area contributed by atoms with Crippen LogP contribution in [0.4, 0.5) is 0 Å². The van der Waals surface area contributed by atoms with Gasteiger partial charge in [0.05, 0.1) is 6.04 Å². The molecule has 1 aromatic rings. The van der Waals surface area contributed by atoms with E-state index in [2.05, 4.69) is 56.9 Å². The zero-order valence-electron chi connectivity index (χ0n) is 21.5. The lowest BCUT2D eigenvalue weighted by Crippen LogP contribution is -2.50. The summed E-state index contributed by atoms with van der Waals surface area (Å²) in [6.07, 6.45) is 11.2. The largest absolute Gasteiger partial charge is 0.351 e. The van der Waals surface area contributed by atoms with Crippen LogP contribution >= 0.6 is 22.6 Å². The van der Waals surface area contributed by atoms with Gasteiger partial charge in [-0.3, -0.25) is 9.59 Å². The van der Waals surface area contributed by atoms with Crippen LogP contribution in [0.1, 0.15) is 64.4 Å². The SMILES string of the molecule is CCC(CC)CN1CC[C@@H](CNC(=O)/C=C/c2ccc(I)cc2)N[C@@H](CCN2CCCCC2)C1=O. The van der Waals surface area contributed by atoms with Crippen molar-refractivity contribution in [2.45, 2.75) is 70.9 Å². The molecular formula is C28H43IN4O2. The molecule has 0 radical (unpaired) electrons. The van der Waals surface area contributed by atoms with Crippen LogP contribution in [0.15, 0.2) is 30.3 Å². The van der Waals surface area contributed by atoms with Crippen LogP contribution in [0, 0.1) is 9.49 Å². The van der Waals surface area contributed by atoms with Crippen molar-refractivity contribution in [3.63, 3.8) is 0 Å². The first-order valence-electron chi connectivity index (χ1n) is 13.5. The highest BCUT2D eigenvalue weighted by atomic mass is 127. The van der Waals surface area contributed by atoms with E-state index in [9.17, 15) is 9.59 Å². The predicted molar refractivity (Wildman–Crippen MR) is 152 cm³/mol. The van der Waals surface area contributed by atoms with E-state index >= 15 is 0 Å². The lowest BCUT2D eigenvalue weighted by molar-refractivity contribution is -0.133. The molecule has 0 saturated carbocycles. The molecule has 0 bridgehead atoms. The van der Waals surface area contributed by atoms with E-state index in [0.29, 0.717) is 12.5 Å². The number of nitrogens with one attached hydrogen (secondary N) is 2. The van der Waals surface area contributed by atoms with Crippen LogP contribution in [-0.2, 0) is 9.59 Å². The van der Waals surface area contributed by atoms with E-state index in [1.54, 1.807) is 6.08 Å². The van der Waals surface area contributed by atoms with Gasteiger partial charge in [-0.25, -0.2) is 0 Å². The number of benzene rings is 1. The van der Waals surface area contributed by atoms with Crippen molar-refractivity contribution in [2.75, 3.05) is 39.3 Å². The number of carbonyl (C=O) groups excluding carboxylic acids is 2. The summed E-state index contributed by atoms with van der Waals surface area (Å²) < 4.78 is 1.17. The van der Waals surface area contributed by atoms with E-state index < -0.39 is 0 Å². The molecule has 2 saturated heterocycles. The van der Waals surface area contributed by atoms with Gasteiger partial charge < -0.3 is 20.4 Å². The molecule has 0 spiro atoms. The van der Waals surface area contributed by atoms with Crippen LogP contribution in [0.2, 0.25) is 0 Å². The van der Waals surface area contributed by atoms with E-state index in [4.69, 9.17) is 0 Å². The van der Waals surface area contributed by atoms with Crippen molar-refractivity contribution >= 4 is 40.5 Å². The molecule has 6 nitrogen and oxygen atoms in total. The molecule has 0 unspecified atom stereocenters. The van der Waals surface area contributed by atoms with E-state index in [-0.39, 0.29) is 23.9 Å². The number of rotatable bonds is 11. The molecule has 0 aliphatic carbocycles. The van der Waals surface area contributed by atoms with Gasteiger partial charge in [0.2, 0.25) is 11.8 Å². The summed E-state index contributed by atoms with van der Waals surface area (Å²) in [5.74, 6) is 0.686. The summed E-state index contributed by atoms with van der Waals surface area (Å²) in [4.78, 5) is 30.6. The Bertz CT molecular complexity index is 819. The van der Waals surface area contributed by atoms with Crippen LogP contribution in [0.25, 0.3) is 6.08 Å². The first kappa shape index (κ1) is 28.1. The summed E-state index contributed by atoms with van der Waals surface area (Å²) in [6.45, 7) is 9.79. The van der Waals surface area contributed by atoms with Gasteiger partial charge in [0, 0.05) is 41.9 Å². The van der Waals surface area contributed by atoms with Crippen molar-refractivity contribution in [2.24, 2.45) is 5.92 Å². The second-order valence-corrected chi connectivity index (χ2v) is 11.2. The molecule has 35 heavy (non-hydrogen) atoms. The second-order valence-electron chi connectivity index (χ2n) is 9.99. The summed E-state index contributed by atoms with van der Waals surface area (Å²) >= 11 is 2.27. The van der Waals surface area contributed by atoms with Crippen molar-refractivity contribution < 1.29 is 9.59 Å². The number of hydrogen-bond donors (Lipinski definition) is 2. The Balaban J connectivity index is 1.58. The standard InChI is InChI=1S/C28H43IN4O2/c1-3-22(4-2)21-33-19-14-25(20-30-27(34)13-10-23-8-11-24(29)12-9-23)31-26(28(33)35)15-18-32-16-6-5-7-17-32/h8-13,22,25-26,31H,3-7,14-21H2,1-2H3,(H,30,34)/b13-10+/t25-,26-/m0/s1. The van der Waals surface area contributed by atoms with E-state index in [0.717, 1.165) is 64.0 Å². The van der Waals surface area contributed by atoms with Crippen molar-refractivity contribution in [3.8, 4) is 0 Å². The second kappa shape index (κ2) is 15.0. The maximum Gasteiger partial charge on any atom is 0.244 e. The van der Waals surface area contributed by atoms with Crippen LogP contribution in [0.3, 0.4) is 0 Å². The fraction of sp³-hybridized carbons (Fsp3) is 0.643. The predicted octanol–water partition coefficient (Wildman–Crippen LogP) is 4.29. The highest BCUT2D eigenvalue weighted by Gasteiger charge is 2.32. The van der Waals surface area contributed by atoms with Crippen molar-refractivity contribution in [3.05, 3.63) is 39.5 Å². The number of hydrogen-bond acceptors (Lipinski definition) is 4. The maximum absolute atomic E-state index is 13.5. The van der Waals surface area contributed by atoms with Crippen LogP contribution < -0.4 is 10.6 Å². The summed E-state index contributed by atoms with van der Waals surface area (Å²) in [5, 5.41) is 6.67. The van der Waals surface area contributed by atoms with Gasteiger partial charge >= 0.3 is 0 Å². The van der Waals surface area contributed by atoms with Gasteiger partial charge in [-0.2, -0.15) is 0 Å². The van der Waals surface area contributed by atoms with Crippen LogP contribution in [-0.4, -0.2) is 73.0 Å². The Labute approximate surface area is 225 Å². The highest BCUT2D eigenvalue weighted by Crippen LogP contribution is 2.17. The summed E-state index contributed by atoms with van der Waals surface area (Å²) in [5.41, 5.74) is 1.01. The third kappa shape index (κ3) is 9.50. The van der Waals surface area contributed by atoms with Gasteiger partial charge in [0.25, 0.3) is 0 Å². The number of piperidine rings is 1. The maximum atomic E-state index is 13.5. The number of halogens is 1. The zero-order valence-corrected chi connectivity index (χ0v) is 23.6. The number of likely N-dealkylation sites (tertiary alicyclic amines) is 1. The molecule has 2 fully saturated rings. The average Bonchev–Trinajstić information content (AvgIpc) is 3.03. The molecule has 0 aromatic heterocycles. The molecule has 2 amide bonds. The molecule has 2 N–H and O–H groups in total. The number of carbonyl (C=O) groups is 2. The van der Waals surface area contributed by atoms with Gasteiger partial charge in [-0.1, -0.05) is 45.2 Å². The van der Waals surface area contributed by atoms with Gasteiger partial charge in [-0.15, -0.1) is 0 Å². The minimum Gasteiger partial charge on any atom is -0.351 e. The molecule has 2 aliphatic rings. The molecule has 2 aliphatic heterocycles. The van der Waals surface area contributed by atoms with Crippen LogP contribution in [0.5, 0.6) is 0 Å². The zero-order chi connectivity index (χ0) is 25.0. The molecular weight excluding hydrogens is 551 g/mol. The molecule has 1 aromatic carbocycles. The number of nitrogens with zero attached hydrogens (tertiary/aromatic N) is 2. The fourth-order valence-corrected chi connectivity index (χ4v) is 5.37.